The number of carboxylic acids is 1. The normalized spacial score (nSPS) is 10.2. The van der Waals surface area contributed by atoms with Crippen LogP contribution in [0.2, 0.25) is 5.15 Å². The topological polar surface area (TPSA) is 105 Å². The van der Waals surface area contributed by atoms with Gasteiger partial charge >= 0.3 is 5.97 Å². The number of halogens is 1. The van der Waals surface area contributed by atoms with E-state index in [1.54, 1.807) is 6.07 Å². The van der Waals surface area contributed by atoms with Gasteiger partial charge in [-0.2, -0.15) is 0 Å². The number of nitrogens with zero attached hydrogens (tertiary/aromatic N) is 3. The first kappa shape index (κ1) is 14.9. The fourth-order valence-electron chi connectivity index (χ4n) is 1.63. The van der Waals surface area contributed by atoms with Gasteiger partial charge in [0.25, 0.3) is 5.91 Å². The number of amides is 1. The van der Waals surface area contributed by atoms with Crippen LogP contribution >= 0.6 is 11.6 Å². The molecule has 0 saturated carbocycles. The van der Waals surface area contributed by atoms with E-state index < -0.39 is 11.9 Å². The summed E-state index contributed by atoms with van der Waals surface area (Å²) in [5, 5.41) is 11.6. The summed E-state index contributed by atoms with van der Waals surface area (Å²) in [5.74, 6) is -1.93. The monoisotopic (exact) mass is 306 g/mol. The Labute approximate surface area is 125 Å². The molecule has 2 rings (SSSR count). The highest BCUT2D eigenvalue weighted by Crippen LogP contribution is 2.14. The summed E-state index contributed by atoms with van der Waals surface area (Å²) in [6.07, 6.45) is 3.14. The second-order valence-electron chi connectivity index (χ2n) is 4.04. The highest BCUT2D eigenvalue weighted by atomic mass is 35.5. The maximum absolute atomic E-state index is 12.2. The number of hydrogen-bond acceptors (Lipinski definition) is 5. The SMILES string of the molecule is CCc1cc(C(=O)Nc2nccnc2C(=O)O)cc(Cl)n1. The van der Waals surface area contributed by atoms with Gasteiger partial charge in [-0.15, -0.1) is 0 Å². The molecule has 1 amide bonds. The van der Waals surface area contributed by atoms with E-state index in [1.807, 2.05) is 6.92 Å². The zero-order chi connectivity index (χ0) is 15.4. The van der Waals surface area contributed by atoms with Gasteiger partial charge in [-0.3, -0.25) is 4.79 Å². The molecule has 0 bridgehead atoms. The fourth-order valence-corrected chi connectivity index (χ4v) is 1.86. The molecule has 0 saturated heterocycles. The summed E-state index contributed by atoms with van der Waals surface area (Å²) < 4.78 is 0. The second-order valence-corrected chi connectivity index (χ2v) is 4.42. The third-order valence-corrected chi connectivity index (χ3v) is 2.80. The van der Waals surface area contributed by atoms with Gasteiger partial charge in [-0.05, 0) is 18.6 Å². The summed E-state index contributed by atoms with van der Waals surface area (Å²) in [6.45, 7) is 1.88. The van der Waals surface area contributed by atoms with Crippen LogP contribution in [0.1, 0.15) is 33.5 Å². The van der Waals surface area contributed by atoms with Gasteiger partial charge in [0.05, 0.1) is 0 Å². The van der Waals surface area contributed by atoms with Gasteiger partial charge in [0.15, 0.2) is 11.5 Å². The highest BCUT2D eigenvalue weighted by Gasteiger charge is 2.16. The summed E-state index contributed by atoms with van der Waals surface area (Å²) in [6, 6.07) is 2.98. The summed E-state index contributed by atoms with van der Waals surface area (Å²) in [7, 11) is 0. The molecule has 0 aliphatic carbocycles. The standard InChI is InChI=1S/C13H11ClN4O3/c1-2-8-5-7(6-9(14)17-8)12(19)18-11-10(13(20)21)15-3-4-16-11/h3-6H,2H2,1H3,(H,20,21)(H,16,18,19). The summed E-state index contributed by atoms with van der Waals surface area (Å²) in [5.41, 5.74) is 0.598. The van der Waals surface area contributed by atoms with Crippen molar-refractivity contribution in [3.63, 3.8) is 0 Å². The van der Waals surface area contributed by atoms with Crippen molar-refractivity contribution in [2.45, 2.75) is 13.3 Å². The Hall–Kier alpha value is -2.54. The average Bonchev–Trinajstić information content (AvgIpc) is 2.46. The lowest BCUT2D eigenvalue weighted by Gasteiger charge is -2.07. The Balaban J connectivity index is 2.30. The molecule has 2 aromatic rings. The molecular formula is C13H11ClN4O3. The number of carbonyl (C=O) groups excluding carboxylic acids is 1. The Bertz CT molecular complexity index is 706. The molecule has 2 heterocycles. The molecule has 0 atom stereocenters. The van der Waals surface area contributed by atoms with E-state index >= 15 is 0 Å². The maximum Gasteiger partial charge on any atom is 0.358 e. The van der Waals surface area contributed by atoms with Gasteiger partial charge in [0, 0.05) is 23.7 Å². The highest BCUT2D eigenvalue weighted by molar-refractivity contribution is 6.29. The van der Waals surface area contributed by atoms with Crippen LogP contribution in [-0.4, -0.2) is 31.9 Å². The molecule has 7 nitrogen and oxygen atoms in total. The minimum Gasteiger partial charge on any atom is -0.476 e. The first-order chi connectivity index (χ1) is 10.0. The number of aryl methyl sites for hydroxylation is 1. The van der Waals surface area contributed by atoms with Crippen molar-refractivity contribution in [3.8, 4) is 0 Å². The smallest absolute Gasteiger partial charge is 0.358 e. The van der Waals surface area contributed by atoms with E-state index in [9.17, 15) is 9.59 Å². The number of pyridine rings is 1. The Morgan fingerprint density at radius 3 is 2.67 bits per heavy atom. The molecule has 0 radical (unpaired) electrons. The molecule has 108 valence electrons. The van der Waals surface area contributed by atoms with Crippen LogP contribution in [0, 0.1) is 0 Å². The number of anilines is 1. The predicted molar refractivity (Wildman–Crippen MR) is 75.6 cm³/mol. The van der Waals surface area contributed by atoms with Crippen molar-refractivity contribution >= 4 is 29.3 Å². The Morgan fingerprint density at radius 2 is 2.00 bits per heavy atom. The van der Waals surface area contributed by atoms with Crippen molar-refractivity contribution in [2.75, 3.05) is 5.32 Å². The van der Waals surface area contributed by atoms with Gasteiger partial charge in [-0.25, -0.2) is 19.7 Å². The molecule has 2 N–H and O–H groups in total. The Morgan fingerprint density at radius 1 is 1.29 bits per heavy atom. The van der Waals surface area contributed by atoms with Crippen molar-refractivity contribution in [2.24, 2.45) is 0 Å². The number of nitrogens with one attached hydrogen (secondary N) is 1. The first-order valence-electron chi connectivity index (χ1n) is 6.03. The van der Waals surface area contributed by atoms with Crippen LogP contribution in [0.15, 0.2) is 24.5 Å². The van der Waals surface area contributed by atoms with Crippen LogP contribution < -0.4 is 5.32 Å². The van der Waals surface area contributed by atoms with E-state index in [4.69, 9.17) is 16.7 Å². The third kappa shape index (κ3) is 3.51. The molecule has 0 spiro atoms. The summed E-state index contributed by atoms with van der Waals surface area (Å²) >= 11 is 5.84. The molecule has 0 aromatic carbocycles. The molecule has 0 fully saturated rings. The minimum atomic E-state index is -1.28. The number of carboxylic acid groups (broad SMARTS) is 1. The van der Waals surface area contributed by atoms with Crippen LogP contribution in [-0.2, 0) is 6.42 Å². The lowest BCUT2D eigenvalue weighted by molar-refractivity contribution is 0.0691. The lowest BCUT2D eigenvalue weighted by atomic mass is 10.2. The third-order valence-electron chi connectivity index (χ3n) is 2.60. The zero-order valence-corrected chi connectivity index (χ0v) is 11.8. The van der Waals surface area contributed by atoms with Crippen molar-refractivity contribution < 1.29 is 14.7 Å². The van der Waals surface area contributed by atoms with Gasteiger partial charge in [0.1, 0.15) is 5.15 Å². The van der Waals surface area contributed by atoms with Gasteiger partial charge < -0.3 is 10.4 Å². The van der Waals surface area contributed by atoms with E-state index in [-0.39, 0.29) is 22.2 Å². The number of aromatic nitrogens is 3. The van der Waals surface area contributed by atoms with E-state index in [2.05, 4.69) is 20.3 Å². The molecule has 0 aliphatic rings. The van der Waals surface area contributed by atoms with E-state index in [0.717, 1.165) is 0 Å². The van der Waals surface area contributed by atoms with Crippen LogP contribution in [0.4, 0.5) is 5.82 Å². The predicted octanol–water partition coefficient (Wildman–Crippen LogP) is 2.04. The van der Waals surface area contributed by atoms with Crippen molar-refractivity contribution in [3.05, 3.63) is 46.6 Å². The minimum absolute atomic E-state index is 0.124. The molecule has 0 aliphatic heterocycles. The van der Waals surface area contributed by atoms with Crippen molar-refractivity contribution in [1.82, 2.24) is 15.0 Å². The number of aromatic carboxylic acids is 1. The summed E-state index contributed by atoms with van der Waals surface area (Å²) in [4.78, 5) is 34.7. The van der Waals surface area contributed by atoms with Gasteiger partial charge in [0.2, 0.25) is 0 Å². The lowest BCUT2D eigenvalue weighted by Crippen LogP contribution is -2.17. The Kier molecular flexibility index (Phi) is 4.44. The molecule has 0 unspecified atom stereocenters. The molecule has 21 heavy (non-hydrogen) atoms. The van der Waals surface area contributed by atoms with E-state index in [0.29, 0.717) is 12.1 Å². The van der Waals surface area contributed by atoms with E-state index in [1.165, 1.54) is 18.5 Å². The average molecular weight is 307 g/mol. The molecule has 8 heteroatoms. The van der Waals surface area contributed by atoms with Crippen molar-refractivity contribution in [1.29, 1.82) is 0 Å². The first-order valence-corrected chi connectivity index (χ1v) is 6.41. The molecule has 2 aromatic heterocycles. The maximum atomic E-state index is 12.2. The van der Waals surface area contributed by atoms with Crippen LogP contribution in [0.3, 0.4) is 0 Å². The largest absolute Gasteiger partial charge is 0.476 e. The zero-order valence-electron chi connectivity index (χ0n) is 11.0. The van der Waals surface area contributed by atoms with Crippen LogP contribution in [0.5, 0.6) is 0 Å². The fraction of sp³-hybridized carbons (Fsp3) is 0.154. The van der Waals surface area contributed by atoms with Crippen LogP contribution in [0.25, 0.3) is 0 Å². The molecular weight excluding hydrogens is 296 g/mol. The second kappa shape index (κ2) is 6.27. The quantitative estimate of drug-likeness (QED) is 0.837. The number of carbonyl (C=O) groups is 2. The number of hydrogen-bond donors (Lipinski definition) is 2. The van der Waals surface area contributed by atoms with Gasteiger partial charge in [-0.1, -0.05) is 18.5 Å². The number of rotatable bonds is 4.